The molecule has 19 heavy (non-hydrogen) atoms. The van der Waals surface area contributed by atoms with E-state index < -0.39 is 0 Å². The van der Waals surface area contributed by atoms with Gasteiger partial charge in [-0.2, -0.15) is 0 Å². The van der Waals surface area contributed by atoms with Crippen molar-refractivity contribution >= 4 is 5.69 Å². The lowest BCUT2D eigenvalue weighted by atomic mass is 10.1. The third kappa shape index (κ3) is 2.87. The van der Waals surface area contributed by atoms with Crippen molar-refractivity contribution < 1.29 is 0 Å². The van der Waals surface area contributed by atoms with Gasteiger partial charge in [0, 0.05) is 6.54 Å². The summed E-state index contributed by atoms with van der Waals surface area (Å²) < 4.78 is 1.77. The molecule has 3 heteroatoms. The van der Waals surface area contributed by atoms with Gasteiger partial charge in [-0.05, 0) is 30.5 Å². The SMILES string of the molecule is Cc1ccc(-c2ccc(N)c(=O)n2CC(C)C)cc1. The van der Waals surface area contributed by atoms with E-state index in [1.807, 2.05) is 25.1 Å². The monoisotopic (exact) mass is 256 g/mol. The minimum Gasteiger partial charge on any atom is -0.394 e. The van der Waals surface area contributed by atoms with E-state index in [1.165, 1.54) is 5.56 Å². The van der Waals surface area contributed by atoms with Crippen LogP contribution in [0, 0.1) is 12.8 Å². The number of benzene rings is 1. The van der Waals surface area contributed by atoms with Crippen LogP contribution in [0.25, 0.3) is 11.3 Å². The Hall–Kier alpha value is -2.03. The minimum absolute atomic E-state index is 0.105. The number of nitrogen functional groups attached to an aromatic ring is 1. The lowest BCUT2D eigenvalue weighted by Gasteiger charge is -2.16. The number of pyridine rings is 1. The van der Waals surface area contributed by atoms with Crippen LogP contribution in [0.15, 0.2) is 41.2 Å². The number of rotatable bonds is 3. The molecule has 0 radical (unpaired) electrons. The summed E-state index contributed by atoms with van der Waals surface area (Å²) in [4.78, 5) is 12.2. The number of nitrogens with two attached hydrogens (primary N) is 1. The molecule has 0 aliphatic heterocycles. The normalized spacial score (nSPS) is 10.9. The third-order valence-corrected chi connectivity index (χ3v) is 3.10. The fraction of sp³-hybridized carbons (Fsp3) is 0.312. The van der Waals surface area contributed by atoms with E-state index in [1.54, 1.807) is 10.6 Å². The highest BCUT2D eigenvalue weighted by Gasteiger charge is 2.10. The summed E-state index contributed by atoms with van der Waals surface area (Å²) in [6.07, 6.45) is 0. The molecule has 0 saturated heterocycles. The highest BCUT2D eigenvalue weighted by molar-refractivity contribution is 5.61. The Morgan fingerprint density at radius 3 is 2.32 bits per heavy atom. The maximum atomic E-state index is 12.2. The summed E-state index contributed by atoms with van der Waals surface area (Å²) in [6, 6.07) is 11.8. The van der Waals surface area contributed by atoms with Crippen molar-refractivity contribution in [1.82, 2.24) is 4.57 Å². The average molecular weight is 256 g/mol. The summed E-state index contributed by atoms with van der Waals surface area (Å²) in [5.41, 5.74) is 9.11. The van der Waals surface area contributed by atoms with Gasteiger partial charge >= 0.3 is 0 Å². The molecule has 2 aromatic rings. The molecule has 0 saturated carbocycles. The molecule has 0 spiro atoms. The molecule has 0 aliphatic carbocycles. The van der Waals surface area contributed by atoms with Crippen LogP contribution in [-0.2, 0) is 6.54 Å². The second kappa shape index (κ2) is 5.31. The van der Waals surface area contributed by atoms with Gasteiger partial charge < -0.3 is 10.3 Å². The van der Waals surface area contributed by atoms with Crippen LogP contribution < -0.4 is 11.3 Å². The number of hydrogen-bond donors (Lipinski definition) is 1. The molecule has 0 atom stereocenters. The topological polar surface area (TPSA) is 48.0 Å². The van der Waals surface area contributed by atoms with Gasteiger partial charge in [0.25, 0.3) is 5.56 Å². The molecule has 1 aromatic heterocycles. The van der Waals surface area contributed by atoms with Gasteiger partial charge in [0.15, 0.2) is 0 Å². The maximum absolute atomic E-state index is 12.2. The first-order valence-corrected chi connectivity index (χ1v) is 6.55. The van der Waals surface area contributed by atoms with Gasteiger partial charge in [0.05, 0.1) is 11.4 Å². The molecule has 3 nitrogen and oxygen atoms in total. The van der Waals surface area contributed by atoms with Gasteiger partial charge in [-0.3, -0.25) is 4.79 Å². The van der Waals surface area contributed by atoms with Crippen molar-refractivity contribution in [2.75, 3.05) is 5.73 Å². The molecule has 0 aliphatic rings. The van der Waals surface area contributed by atoms with E-state index in [4.69, 9.17) is 5.73 Å². The van der Waals surface area contributed by atoms with Crippen LogP contribution in [0.2, 0.25) is 0 Å². The van der Waals surface area contributed by atoms with Crippen LogP contribution in [0.1, 0.15) is 19.4 Å². The second-order valence-corrected chi connectivity index (χ2v) is 5.35. The van der Waals surface area contributed by atoms with E-state index >= 15 is 0 Å². The predicted molar refractivity (Wildman–Crippen MR) is 80.1 cm³/mol. The number of nitrogens with zero attached hydrogens (tertiary/aromatic N) is 1. The van der Waals surface area contributed by atoms with E-state index in [0.29, 0.717) is 18.2 Å². The highest BCUT2D eigenvalue weighted by Crippen LogP contribution is 2.20. The molecule has 1 aromatic carbocycles. The first kappa shape index (κ1) is 13.4. The van der Waals surface area contributed by atoms with Crippen molar-refractivity contribution in [3.63, 3.8) is 0 Å². The van der Waals surface area contributed by atoms with Gasteiger partial charge in [-0.1, -0.05) is 43.7 Å². The van der Waals surface area contributed by atoms with Crippen LogP contribution in [0.4, 0.5) is 5.69 Å². The van der Waals surface area contributed by atoms with Gasteiger partial charge in [0.1, 0.15) is 0 Å². The summed E-state index contributed by atoms with van der Waals surface area (Å²) in [6.45, 7) is 6.91. The lowest BCUT2D eigenvalue weighted by molar-refractivity contribution is 0.516. The zero-order chi connectivity index (χ0) is 14.0. The van der Waals surface area contributed by atoms with E-state index in [-0.39, 0.29) is 5.56 Å². The Kier molecular flexibility index (Phi) is 3.74. The highest BCUT2D eigenvalue weighted by atomic mass is 16.1. The molecular weight excluding hydrogens is 236 g/mol. The summed E-state index contributed by atoms with van der Waals surface area (Å²) in [5, 5.41) is 0. The zero-order valence-electron chi connectivity index (χ0n) is 11.7. The number of aromatic nitrogens is 1. The molecular formula is C16H20N2O. The van der Waals surface area contributed by atoms with E-state index in [9.17, 15) is 4.79 Å². The fourth-order valence-corrected chi connectivity index (χ4v) is 2.12. The van der Waals surface area contributed by atoms with Gasteiger partial charge in [0.2, 0.25) is 0 Å². The van der Waals surface area contributed by atoms with E-state index in [0.717, 1.165) is 11.3 Å². The predicted octanol–water partition coefficient (Wildman–Crippen LogP) is 3.06. The van der Waals surface area contributed by atoms with Crippen LogP contribution >= 0.6 is 0 Å². The molecule has 2 N–H and O–H groups in total. The van der Waals surface area contributed by atoms with Crippen molar-refractivity contribution in [3.05, 3.63) is 52.3 Å². The number of hydrogen-bond acceptors (Lipinski definition) is 2. The van der Waals surface area contributed by atoms with Crippen LogP contribution in [-0.4, -0.2) is 4.57 Å². The summed E-state index contributed by atoms with van der Waals surface area (Å²) in [5.74, 6) is 0.392. The molecule has 0 amide bonds. The quantitative estimate of drug-likeness (QED) is 0.917. The Morgan fingerprint density at radius 1 is 1.11 bits per heavy atom. The van der Waals surface area contributed by atoms with Gasteiger partial charge in [-0.25, -0.2) is 0 Å². The minimum atomic E-state index is -0.105. The molecule has 2 rings (SSSR count). The first-order chi connectivity index (χ1) is 8.99. The second-order valence-electron chi connectivity index (χ2n) is 5.35. The van der Waals surface area contributed by atoms with Crippen LogP contribution in [0.5, 0.6) is 0 Å². The molecule has 0 unspecified atom stereocenters. The lowest BCUT2D eigenvalue weighted by Crippen LogP contribution is -2.26. The Morgan fingerprint density at radius 2 is 1.74 bits per heavy atom. The molecule has 0 bridgehead atoms. The summed E-state index contributed by atoms with van der Waals surface area (Å²) in [7, 11) is 0. The molecule has 1 heterocycles. The fourth-order valence-electron chi connectivity index (χ4n) is 2.12. The Bertz CT molecular complexity index is 624. The third-order valence-electron chi connectivity index (χ3n) is 3.10. The zero-order valence-corrected chi connectivity index (χ0v) is 11.7. The number of anilines is 1. The molecule has 0 fully saturated rings. The van der Waals surface area contributed by atoms with E-state index in [2.05, 4.69) is 26.0 Å². The smallest absolute Gasteiger partial charge is 0.274 e. The largest absolute Gasteiger partial charge is 0.394 e. The maximum Gasteiger partial charge on any atom is 0.274 e. The van der Waals surface area contributed by atoms with Crippen molar-refractivity contribution in [2.24, 2.45) is 5.92 Å². The summed E-state index contributed by atoms with van der Waals surface area (Å²) >= 11 is 0. The van der Waals surface area contributed by atoms with Crippen molar-refractivity contribution in [2.45, 2.75) is 27.3 Å². The first-order valence-electron chi connectivity index (χ1n) is 6.55. The average Bonchev–Trinajstić information content (AvgIpc) is 2.36. The van der Waals surface area contributed by atoms with Gasteiger partial charge in [-0.15, -0.1) is 0 Å². The number of aryl methyl sites for hydroxylation is 1. The Labute approximate surface area is 113 Å². The van der Waals surface area contributed by atoms with Crippen molar-refractivity contribution in [3.8, 4) is 11.3 Å². The Balaban J connectivity index is 2.59. The standard InChI is InChI=1S/C16H20N2O/c1-11(2)10-18-15(9-8-14(17)16(18)19)13-6-4-12(3)5-7-13/h4-9,11H,10,17H2,1-3H3. The van der Waals surface area contributed by atoms with Crippen LogP contribution in [0.3, 0.4) is 0 Å². The molecule has 100 valence electrons. The van der Waals surface area contributed by atoms with Crippen molar-refractivity contribution in [1.29, 1.82) is 0 Å².